The van der Waals surface area contributed by atoms with Gasteiger partial charge in [0.25, 0.3) is 0 Å². The van der Waals surface area contributed by atoms with E-state index in [1.54, 1.807) is 6.92 Å². The predicted molar refractivity (Wildman–Crippen MR) is 76.2 cm³/mol. The molecule has 3 aromatic rings. The van der Waals surface area contributed by atoms with Crippen LogP contribution in [0, 0.1) is 13.8 Å². The van der Waals surface area contributed by atoms with Gasteiger partial charge in [-0.1, -0.05) is 35.3 Å². The van der Waals surface area contributed by atoms with Crippen LogP contribution in [0.25, 0.3) is 16.9 Å². The Morgan fingerprint density at radius 2 is 1.74 bits per heavy atom. The molecule has 0 saturated carbocycles. The topological polar surface area (TPSA) is 43.6 Å². The Hall–Kier alpha value is -1.65. The fraction of sp³-hybridized carbons (Fsp3) is 0.154. The van der Waals surface area contributed by atoms with Crippen molar-refractivity contribution in [1.82, 2.24) is 19.5 Å². The number of para-hydroxylation sites is 1. The lowest BCUT2D eigenvalue weighted by molar-refractivity contribution is 0.999. The fourth-order valence-electron chi connectivity index (χ4n) is 2.08. The first-order valence-corrected chi connectivity index (χ1v) is 6.47. The van der Waals surface area contributed by atoms with Gasteiger partial charge in [0.1, 0.15) is 17.2 Å². The zero-order valence-corrected chi connectivity index (χ0v) is 11.9. The van der Waals surface area contributed by atoms with E-state index in [0.717, 1.165) is 11.5 Å². The largest absolute Gasteiger partial charge is 0.291 e. The molecule has 2 aromatic heterocycles. The molecule has 0 spiro atoms. The summed E-state index contributed by atoms with van der Waals surface area (Å²) in [6, 6.07) is 7.52. The molecule has 0 amide bonds. The Bertz CT molecular complexity index is 780. The molecule has 0 N–H and O–H groups in total. The molecule has 0 fully saturated rings. The van der Waals surface area contributed by atoms with Crippen molar-refractivity contribution in [2.45, 2.75) is 13.8 Å². The van der Waals surface area contributed by atoms with E-state index < -0.39 is 0 Å². The van der Waals surface area contributed by atoms with Crippen molar-refractivity contribution in [2.75, 3.05) is 0 Å². The number of aryl methyl sites for hydroxylation is 2. The summed E-state index contributed by atoms with van der Waals surface area (Å²) in [6.07, 6.45) is 0. The first-order chi connectivity index (χ1) is 9.08. The Kier molecular flexibility index (Phi) is 2.92. The second-order valence-corrected chi connectivity index (χ2v) is 4.94. The van der Waals surface area contributed by atoms with Crippen molar-refractivity contribution < 1.29 is 0 Å². The predicted octanol–water partition coefficient (Wildman–Crippen LogP) is 3.74. The molecule has 19 heavy (non-hydrogen) atoms. The lowest BCUT2D eigenvalue weighted by Gasteiger charge is -2.09. The minimum Gasteiger partial charge on any atom is -0.291 e. The number of fused-ring (bicyclic) bond motifs is 1. The first-order valence-electron chi connectivity index (χ1n) is 5.72. The van der Waals surface area contributed by atoms with E-state index >= 15 is 0 Å². The van der Waals surface area contributed by atoms with Crippen LogP contribution in [-0.4, -0.2) is 19.5 Å². The van der Waals surface area contributed by atoms with E-state index in [2.05, 4.69) is 15.0 Å². The van der Waals surface area contributed by atoms with Gasteiger partial charge in [-0.2, -0.15) is 0 Å². The van der Waals surface area contributed by atoms with Crippen LogP contribution in [0.15, 0.2) is 24.3 Å². The molecule has 2 heterocycles. The summed E-state index contributed by atoms with van der Waals surface area (Å²) in [5.74, 6) is 1.37. The third-order valence-corrected chi connectivity index (χ3v) is 3.43. The van der Waals surface area contributed by atoms with Gasteiger partial charge in [-0.05, 0) is 26.0 Å². The standard InChI is InChI=1S/C13H10Cl2N4/c1-7-16-12(15)11-13(17-7)18-8(2)19(11)10-6-4-3-5-9(10)14/h3-6H,1-2H3. The normalized spacial score (nSPS) is 11.2. The van der Waals surface area contributed by atoms with Crippen molar-refractivity contribution in [2.24, 2.45) is 0 Å². The molecule has 4 nitrogen and oxygen atoms in total. The number of hydrogen-bond donors (Lipinski definition) is 0. The molecule has 0 saturated heterocycles. The van der Waals surface area contributed by atoms with Crippen molar-refractivity contribution >= 4 is 34.4 Å². The Labute approximate surface area is 120 Å². The number of nitrogens with zero attached hydrogens (tertiary/aromatic N) is 4. The van der Waals surface area contributed by atoms with E-state index in [-0.39, 0.29) is 0 Å². The Morgan fingerprint density at radius 3 is 2.47 bits per heavy atom. The van der Waals surface area contributed by atoms with Gasteiger partial charge in [0, 0.05) is 0 Å². The van der Waals surface area contributed by atoms with E-state index in [1.165, 1.54) is 0 Å². The molecule has 0 unspecified atom stereocenters. The van der Waals surface area contributed by atoms with Gasteiger partial charge >= 0.3 is 0 Å². The summed E-state index contributed by atoms with van der Waals surface area (Å²) in [5, 5.41) is 1.00. The molecular weight excluding hydrogens is 283 g/mol. The second-order valence-electron chi connectivity index (χ2n) is 4.18. The summed E-state index contributed by atoms with van der Waals surface area (Å²) in [6.45, 7) is 3.67. The van der Waals surface area contributed by atoms with Gasteiger partial charge in [-0.25, -0.2) is 15.0 Å². The maximum Gasteiger partial charge on any atom is 0.183 e. The highest BCUT2D eigenvalue weighted by molar-refractivity contribution is 6.34. The van der Waals surface area contributed by atoms with Gasteiger partial charge in [0.05, 0.1) is 10.7 Å². The average molecular weight is 293 g/mol. The van der Waals surface area contributed by atoms with Crippen LogP contribution >= 0.6 is 23.2 Å². The number of hydrogen-bond acceptors (Lipinski definition) is 3. The van der Waals surface area contributed by atoms with Gasteiger partial charge in [0.2, 0.25) is 0 Å². The minimum absolute atomic E-state index is 0.378. The molecule has 3 rings (SSSR count). The maximum atomic E-state index is 6.24. The van der Waals surface area contributed by atoms with Crippen LogP contribution in [0.3, 0.4) is 0 Å². The van der Waals surface area contributed by atoms with Crippen LogP contribution in [0.1, 0.15) is 11.6 Å². The van der Waals surface area contributed by atoms with Crippen LogP contribution in [0.4, 0.5) is 0 Å². The number of rotatable bonds is 1. The molecule has 0 radical (unpaired) electrons. The summed E-state index contributed by atoms with van der Waals surface area (Å²) >= 11 is 12.5. The number of aromatic nitrogens is 4. The third-order valence-electron chi connectivity index (χ3n) is 2.84. The molecule has 0 atom stereocenters. The number of benzene rings is 1. The van der Waals surface area contributed by atoms with Gasteiger partial charge in [-0.15, -0.1) is 0 Å². The van der Waals surface area contributed by atoms with Gasteiger partial charge < -0.3 is 0 Å². The quantitative estimate of drug-likeness (QED) is 0.642. The van der Waals surface area contributed by atoms with Crippen LogP contribution in [0.5, 0.6) is 0 Å². The third kappa shape index (κ3) is 1.97. The SMILES string of the molecule is Cc1nc(Cl)c2c(n1)nc(C)n2-c1ccccc1Cl. The number of halogens is 2. The first kappa shape index (κ1) is 12.4. The average Bonchev–Trinajstić information content (AvgIpc) is 2.66. The number of imidazole rings is 1. The van der Waals surface area contributed by atoms with Crippen molar-refractivity contribution in [3.63, 3.8) is 0 Å². The van der Waals surface area contributed by atoms with E-state index in [0.29, 0.717) is 27.2 Å². The van der Waals surface area contributed by atoms with E-state index in [4.69, 9.17) is 23.2 Å². The van der Waals surface area contributed by atoms with Crippen LogP contribution in [-0.2, 0) is 0 Å². The van der Waals surface area contributed by atoms with E-state index in [1.807, 2.05) is 35.8 Å². The lowest BCUT2D eigenvalue weighted by atomic mass is 10.3. The summed E-state index contributed by atoms with van der Waals surface area (Å²) in [4.78, 5) is 12.9. The van der Waals surface area contributed by atoms with Gasteiger partial charge in [0.15, 0.2) is 10.8 Å². The highest BCUT2D eigenvalue weighted by atomic mass is 35.5. The van der Waals surface area contributed by atoms with Crippen molar-refractivity contribution in [1.29, 1.82) is 0 Å². The molecular formula is C13H10Cl2N4. The molecule has 0 aliphatic heterocycles. The Balaban J connectivity index is 2.42. The van der Waals surface area contributed by atoms with Crippen molar-refractivity contribution in [3.05, 3.63) is 46.1 Å². The lowest BCUT2D eigenvalue weighted by Crippen LogP contribution is -1.99. The van der Waals surface area contributed by atoms with Crippen LogP contribution in [0.2, 0.25) is 10.2 Å². The molecule has 1 aromatic carbocycles. The fourth-order valence-corrected chi connectivity index (χ4v) is 2.59. The molecule has 96 valence electrons. The van der Waals surface area contributed by atoms with Crippen LogP contribution < -0.4 is 0 Å². The molecule has 0 aliphatic rings. The highest BCUT2D eigenvalue weighted by Gasteiger charge is 2.16. The summed E-state index contributed by atoms with van der Waals surface area (Å²) < 4.78 is 1.87. The van der Waals surface area contributed by atoms with E-state index in [9.17, 15) is 0 Å². The zero-order chi connectivity index (χ0) is 13.6. The second kappa shape index (κ2) is 4.47. The smallest absolute Gasteiger partial charge is 0.183 e. The summed E-state index contributed by atoms with van der Waals surface area (Å²) in [5.41, 5.74) is 2.08. The minimum atomic E-state index is 0.378. The monoisotopic (exact) mass is 292 g/mol. The molecule has 0 aliphatic carbocycles. The molecule has 0 bridgehead atoms. The maximum absolute atomic E-state index is 6.24. The molecule has 6 heteroatoms. The zero-order valence-electron chi connectivity index (χ0n) is 10.4. The Morgan fingerprint density at radius 1 is 1.00 bits per heavy atom. The van der Waals surface area contributed by atoms with Crippen molar-refractivity contribution in [3.8, 4) is 5.69 Å². The van der Waals surface area contributed by atoms with Gasteiger partial charge in [-0.3, -0.25) is 4.57 Å². The highest BCUT2D eigenvalue weighted by Crippen LogP contribution is 2.29. The summed E-state index contributed by atoms with van der Waals surface area (Å²) in [7, 11) is 0.